The molecule has 1 rings (SSSR count). The molecular formula is C7H4B3Br. The van der Waals surface area contributed by atoms with Gasteiger partial charge < -0.3 is 0 Å². The first kappa shape index (κ1) is 8.99. The molecule has 1 aromatic rings. The molecule has 48 valence electrons. The molecule has 0 saturated carbocycles. The van der Waals surface area contributed by atoms with Crippen LogP contribution in [0.5, 0.6) is 0 Å². The molecule has 0 heterocycles. The smallest absolute Gasteiger partial charge is 0.0563 e. The fourth-order valence-corrected chi connectivity index (χ4v) is 1.00. The Morgan fingerprint density at radius 1 is 1.00 bits per heavy atom. The molecule has 6 radical (unpaired) electrons. The third-order valence-corrected chi connectivity index (χ3v) is 1.87. The van der Waals surface area contributed by atoms with Crippen molar-refractivity contribution in [3.63, 3.8) is 0 Å². The summed E-state index contributed by atoms with van der Waals surface area (Å²) in [7, 11) is 16.3. The summed E-state index contributed by atoms with van der Waals surface area (Å²) in [6.45, 7) is 0. The van der Waals surface area contributed by atoms with Crippen molar-refractivity contribution in [2.75, 3.05) is 0 Å². The van der Waals surface area contributed by atoms with Crippen molar-refractivity contribution in [3.8, 4) is 0 Å². The van der Waals surface area contributed by atoms with Gasteiger partial charge in [-0.15, -0.1) is 5.11 Å². The third kappa shape index (κ3) is 2.44. The summed E-state index contributed by atoms with van der Waals surface area (Å²) < 4.78 is 0.977. The van der Waals surface area contributed by atoms with Gasteiger partial charge >= 0.3 is 0 Å². The van der Waals surface area contributed by atoms with Crippen molar-refractivity contribution in [1.29, 1.82) is 0 Å². The van der Waals surface area contributed by atoms with Crippen LogP contribution in [-0.4, -0.2) is 23.5 Å². The molecule has 0 aliphatic carbocycles. The van der Waals surface area contributed by atoms with Gasteiger partial charge in [0.1, 0.15) is 0 Å². The van der Waals surface area contributed by atoms with Gasteiger partial charge in [-0.1, -0.05) is 33.6 Å². The van der Waals surface area contributed by atoms with Crippen LogP contribution in [0.2, 0.25) is 0 Å². The van der Waals surface area contributed by atoms with E-state index in [-0.39, 0.29) is 0 Å². The van der Waals surface area contributed by atoms with E-state index in [0.29, 0.717) is 5.56 Å². The average molecular weight is 200 g/mol. The fourth-order valence-electron chi connectivity index (χ4n) is 0.739. The quantitative estimate of drug-likeness (QED) is 0.595. The van der Waals surface area contributed by atoms with Crippen LogP contribution in [0.15, 0.2) is 28.7 Å². The molecule has 0 saturated heterocycles. The molecule has 0 atom stereocenters. The van der Waals surface area contributed by atoms with Gasteiger partial charge in [0.15, 0.2) is 0 Å². The highest BCUT2D eigenvalue weighted by atomic mass is 79.9. The minimum Gasteiger partial charge on any atom is -0.106 e. The lowest BCUT2D eigenvalue weighted by atomic mass is 9.40. The summed E-state index contributed by atoms with van der Waals surface area (Å²) in [6, 6.07) is 7.25. The van der Waals surface area contributed by atoms with Gasteiger partial charge in [-0.2, -0.15) is 0 Å². The third-order valence-electron chi connectivity index (χ3n) is 1.34. The van der Waals surface area contributed by atoms with Gasteiger partial charge in [-0.3, -0.25) is 0 Å². The molecule has 0 spiro atoms. The number of hydrogen-bond donors (Lipinski definition) is 0. The molecule has 4 heteroatoms. The molecule has 11 heavy (non-hydrogen) atoms. The van der Waals surface area contributed by atoms with Crippen LogP contribution in [0.1, 0.15) is 5.56 Å². The summed E-state index contributed by atoms with van der Waals surface area (Å²) in [4.78, 5) is 0. The van der Waals surface area contributed by atoms with Crippen molar-refractivity contribution in [1.82, 2.24) is 0 Å². The van der Waals surface area contributed by atoms with Crippen molar-refractivity contribution in [2.24, 2.45) is 0 Å². The Balaban J connectivity index is 2.99. The molecule has 0 N–H and O–H groups in total. The highest BCUT2D eigenvalue weighted by Crippen LogP contribution is 2.16. The van der Waals surface area contributed by atoms with E-state index in [2.05, 4.69) is 15.9 Å². The first-order chi connectivity index (χ1) is 5.00. The highest BCUT2D eigenvalue weighted by molar-refractivity contribution is 9.10. The van der Waals surface area contributed by atoms with Crippen LogP contribution in [-0.2, 0) is 5.11 Å². The number of rotatable bonds is 1. The number of benzene rings is 1. The zero-order valence-corrected chi connectivity index (χ0v) is 7.51. The lowest BCUT2D eigenvalue weighted by molar-refractivity contribution is 1.23. The van der Waals surface area contributed by atoms with Crippen molar-refractivity contribution in [3.05, 3.63) is 34.3 Å². The monoisotopic (exact) mass is 200 g/mol. The van der Waals surface area contributed by atoms with Gasteiger partial charge in [0, 0.05) is 4.47 Å². The Bertz CT molecular complexity index is 237. The van der Waals surface area contributed by atoms with Gasteiger partial charge in [0.2, 0.25) is 0 Å². The van der Waals surface area contributed by atoms with Crippen molar-refractivity contribution in [2.45, 2.75) is 5.11 Å². The van der Waals surface area contributed by atoms with Gasteiger partial charge in [0.25, 0.3) is 0 Å². The zero-order chi connectivity index (χ0) is 8.48. The maximum absolute atomic E-state index is 5.45. The number of halogens is 1. The number of hydrogen-bond acceptors (Lipinski definition) is 0. The second kappa shape index (κ2) is 3.10. The summed E-state index contributed by atoms with van der Waals surface area (Å²) in [5.41, 5.74) is 0.709. The standard InChI is InChI=1S/C7H4B3Br/c8-7(9,10)5-1-3-6(11)4-2-5/h1-4H. The second-order valence-electron chi connectivity index (χ2n) is 2.44. The van der Waals surface area contributed by atoms with Gasteiger partial charge in [0.05, 0.1) is 23.5 Å². The predicted molar refractivity (Wildman–Crippen MR) is 53.1 cm³/mol. The van der Waals surface area contributed by atoms with Crippen LogP contribution in [0.4, 0.5) is 0 Å². The molecule has 0 fully saturated rings. The lowest BCUT2D eigenvalue weighted by Crippen LogP contribution is -2.26. The maximum Gasteiger partial charge on any atom is 0.0563 e. The highest BCUT2D eigenvalue weighted by Gasteiger charge is 2.10. The molecule has 0 nitrogen and oxygen atoms in total. The summed E-state index contributed by atoms with van der Waals surface area (Å²) in [5.74, 6) is 0. The molecule has 0 aliphatic heterocycles. The Morgan fingerprint density at radius 3 is 1.82 bits per heavy atom. The molecule has 1 aromatic carbocycles. The summed E-state index contributed by atoms with van der Waals surface area (Å²) >= 11 is 3.29. The van der Waals surface area contributed by atoms with E-state index in [1.165, 1.54) is 0 Å². The van der Waals surface area contributed by atoms with E-state index in [4.69, 9.17) is 23.5 Å². The lowest BCUT2D eigenvalue weighted by Gasteiger charge is -2.19. The van der Waals surface area contributed by atoms with Crippen molar-refractivity contribution < 1.29 is 0 Å². The van der Waals surface area contributed by atoms with E-state index >= 15 is 0 Å². The minimum atomic E-state index is -1.24. The largest absolute Gasteiger partial charge is 0.106 e. The average Bonchev–Trinajstić information content (AvgIpc) is 1.86. The summed E-state index contributed by atoms with van der Waals surface area (Å²) in [6.07, 6.45) is 0. The van der Waals surface area contributed by atoms with Crippen LogP contribution in [0.3, 0.4) is 0 Å². The van der Waals surface area contributed by atoms with Crippen LogP contribution in [0.25, 0.3) is 0 Å². The predicted octanol–water partition coefficient (Wildman–Crippen LogP) is 1.06. The van der Waals surface area contributed by atoms with E-state index in [9.17, 15) is 0 Å². The fraction of sp³-hybridized carbons (Fsp3) is 0.143. The van der Waals surface area contributed by atoms with E-state index in [1.54, 1.807) is 12.1 Å². The molecular weight excluding hydrogens is 196 g/mol. The Labute approximate surface area is 79.1 Å². The molecule has 0 amide bonds. The minimum absolute atomic E-state index is 0.709. The Morgan fingerprint density at radius 2 is 1.45 bits per heavy atom. The van der Waals surface area contributed by atoms with E-state index in [0.717, 1.165) is 4.47 Å². The second-order valence-corrected chi connectivity index (χ2v) is 3.36. The molecule has 0 unspecified atom stereocenters. The van der Waals surface area contributed by atoms with E-state index < -0.39 is 5.11 Å². The van der Waals surface area contributed by atoms with Gasteiger partial charge in [-0.25, -0.2) is 0 Å². The maximum atomic E-state index is 5.45. The summed E-state index contributed by atoms with van der Waals surface area (Å²) in [5, 5.41) is -1.24. The van der Waals surface area contributed by atoms with Crippen LogP contribution >= 0.6 is 15.9 Å². The van der Waals surface area contributed by atoms with Crippen LogP contribution in [0, 0.1) is 0 Å². The Hall–Kier alpha value is -0.105. The Kier molecular flexibility index (Phi) is 2.53. The molecule has 0 bridgehead atoms. The normalized spacial score (nSPS) is 11.4. The van der Waals surface area contributed by atoms with Crippen molar-refractivity contribution >= 4 is 39.5 Å². The zero-order valence-electron chi connectivity index (χ0n) is 5.92. The topological polar surface area (TPSA) is 0 Å². The van der Waals surface area contributed by atoms with Crippen LogP contribution < -0.4 is 0 Å². The molecule has 0 aliphatic rings. The van der Waals surface area contributed by atoms with E-state index in [1.807, 2.05) is 12.1 Å². The van der Waals surface area contributed by atoms with Gasteiger partial charge in [-0.05, 0) is 12.1 Å². The SMILES string of the molecule is [B]C([B])([B])c1ccc(Br)cc1. The first-order valence-electron chi connectivity index (χ1n) is 3.13. The molecule has 0 aromatic heterocycles. The first-order valence-corrected chi connectivity index (χ1v) is 3.92.